The molecular weight excluding hydrogens is 168 g/mol. The molecule has 0 aliphatic carbocycles. The normalized spacial score (nSPS) is 16.6. The van der Waals surface area contributed by atoms with Crippen LogP contribution < -0.4 is 0 Å². The summed E-state index contributed by atoms with van der Waals surface area (Å²) in [4.78, 5) is 3.23. The van der Waals surface area contributed by atoms with E-state index in [-0.39, 0.29) is 11.8 Å². The molecule has 72 valence electrons. The molecule has 0 aromatic rings. The quantitative estimate of drug-likeness (QED) is 0.641. The van der Waals surface area contributed by atoms with Crippen molar-refractivity contribution in [3.8, 4) is 0 Å². The van der Waals surface area contributed by atoms with E-state index in [1.165, 1.54) is 0 Å². The lowest BCUT2D eigenvalue weighted by Gasteiger charge is -2.18. The molecule has 0 fully saturated rings. The van der Waals surface area contributed by atoms with Crippen molar-refractivity contribution >= 4 is 0 Å². The fourth-order valence-corrected chi connectivity index (χ4v) is 1.22. The van der Waals surface area contributed by atoms with E-state index in [0.717, 1.165) is 0 Å². The van der Waals surface area contributed by atoms with Gasteiger partial charge in [-0.1, -0.05) is 12.2 Å². The van der Waals surface area contributed by atoms with Crippen LogP contribution in [0.2, 0.25) is 0 Å². The molecule has 4 nitrogen and oxygen atoms in total. The summed E-state index contributed by atoms with van der Waals surface area (Å²) in [5.41, 5.74) is 0. The predicted octanol–water partition coefficient (Wildman–Crippen LogP) is 1.18. The number of nitrogens with zero attached hydrogens (tertiary/aromatic N) is 2. The summed E-state index contributed by atoms with van der Waals surface area (Å²) in [6.07, 6.45) is 3.34. The summed E-state index contributed by atoms with van der Waals surface area (Å²) in [7, 11) is 0. The van der Waals surface area contributed by atoms with Crippen LogP contribution in [-0.2, 0) is 0 Å². The van der Waals surface area contributed by atoms with Crippen LogP contribution in [0.1, 0.15) is 0 Å². The minimum Gasteiger partial charge on any atom is -0.491 e. The van der Waals surface area contributed by atoms with E-state index < -0.39 is 0 Å². The second-order valence-corrected chi connectivity index (χ2v) is 2.81. The lowest BCUT2D eigenvalue weighted by molar-refractivity contribution is 0.199. The molecule has 1 heterocycles. The third-order valence-corrected chi connectivity index (χ3v) is 1.84. The van der Waals surface area contributed by atoms with Gasteiger partial charge in [-0.3, -0.25) is 0 Å². The summed E-state index contributed by atoms with van der Waals surface area (Å²) < 4.78 is 0. The van der Waals surface area contributed by atoms with Gasteiger partial charge < -0.3 is 20.0 Å². The van der Waals surface area contributed by atoms with Crippen molar-refractivity contribution in [2.24, 2.45) is 0 Å². The number of aliphatic hydroxyl groups is 2. The zero-order valence-corrected chi connectivity index (χ0v) is 7.48. The van der Waals surface area contributed by atoms with Gasteiger partial charge in [-0.2, -0.15) is 0 Å². The SMILES string of the molecule is C=CCN1CN(CC=C)C(O)=C1O. The zero-order valence-electron chi connectivity index (χ0n) is 7.48. The summed E-state index contributed by atoms with van der Waals surface area (Å²) in [5, 5.41) is 18.8. The van der Waals surface area contributed by atoms with Crippen molar-refractivity contribution in [3.05, 3.63) is 37.1 Å². The molecule has 0 bridgehead atoms. The highest BCUT2D eigenvalue weighted by atomic mass is 16.3. The maximum atomic E-state index is 9.42. The number of aliphatic hydroxyl groups excluding tert-OH is 2. The van der Waals surface area contributed by atoms with Crippen LogP contribution in [0, 0.1) is 0 Å². The van der Waals surface area contributed by atoms with Gasteiger partial charge in [0.1, 0.15) is 0 Å². The molecule has 1 aliphatic heterocycles. The van der Waals surface area contributed by atoms with Gasteiger partial charge in [-0.25, -0.2) is 0 Å². The average Bonchev–Trinajstić information content (AvgIpc) is 2.36. The molecule has 0 amide bonds. The Balaban J connectivity index is 2.68. The highest BCUT2D eigenvalue weighted by molar-refractivity contribution is 5.06. The minimum absolute atomic E-state index is 0.0956. The van der Waals surface area contributed by atoms with E-state index in [4.69, 9.17) is 0 Å². The summed E-state index contributed by atoms with van der Waals surface area (Å²) in [6.45, 7) is 8.62. The molecule has 0 atom stereocenters. The van der Waals surface area contributed by atoms with Crippen LogP contribution in [-0.4, -0.2) is 39.8 Å². The fourth-order valence-electron chi connectivity index (χ4n) is 1.22. The van der Waals surface area contributed by atoms with Gasteiger partial charge in [-0.15, -0.1) is 13.2 Å². The zero-order chi connectivity index (χ0) is 9.84. The van der Waals surface area contributed by atoms with Gasteiger partial charge in [0.2, 0.25) is 0 Å². The maximum Gasteiger partial charge on any atom is 0.251 e. The van der Waals surface area contributed by atoms with Crippen LogP contribution in [0.4, 0.5) is 0 Å². The molecule has 0 saturated heterocycles. The molecule has 0 unspecified atom stereocenters. The molecule has 2 N–H and O–H groups in total. The van der Waals surface area contributed by atoms with Gasteiger partial charge >= 0.3 is 0 Å². The monoisotopic (exact) mass is 182 g/mol. The lowest BCUT2D eigenvalue weighted by Crippen LogP contribution is -2.28. The van der Waals surface area contributed by atoms with Gasteiger partial charge in [0, 0.05) is 13.1 Å². The molecule has 0 saturated carbocycles. The Hall–Kier alpha value is -1.58. The van der Waals surface area contributed by atoms with E-state index in [2.05, 4.69) is 13.2 Å². The Labute approximate surface area is 77.7 Å². The van der Waals surface area contributed by atoms with Gasteiger partial charge in [0.15, 0.2) is 0 Å². The summed E-state index contributed by atoms with van der Waals surface area (Å²) >= 11 is 0. The smallest absolute Gasteiger partial charge is 0.251 e. The second-order valence-electron chi connectivity index (χ2n) is 2.81. The Kier molecular flexibility index (Phi) is 2.84. The summed E-state index contributed by atoms with van der Waals surface area (Å²) in [5.74, 6) is -0.191. The third-order valence-electron chi connectivity index (χ3n) is 1.84. The number of rotatable bonds is 4. The molecule has 1 rings (SSSR count). The molecule has 0 spiro atoms. The first kappa shape index (κ1) is 9.51. The lowest BCUT2D eigenvalue weighted by atomic mass is 10.5. The van der Waals surface area contributed by atoms with E-state index in [0.29, 0.717) is 19.8 Å². The van der Waals surface area contributed by atoms with E-state index in [1.54, 1.807) is 22.0 Å². The summed E-state index contributed by atoms with van der Waals surface area (Å²) in [6, 6.07) is 0. The van der Waals surface area contributed by atoms with Crippen LogP contribution in [0.3, 0.4) is 0 Å². The standard InChI is InChI=1S/C9H14N2O2/c1-3-5-10-7-11(6-4-2)9(13)8(10)12/h3-4,12-13H,1-2,5-7H2. The van der Waals surface area contributed by atoms with Crippen molar-refractivity contribution in [2.45, 2.75) is 0 Å². The molecule has 4 heteroatoms. The highest BCUT2D eigenvalue weighted by Crippen LogP contribution is 2.18. The largest absolute Gasteiger partial charge is 0.491 e. The van der Waals surface area contributed by atoms with Gasteiger partial charge in [-0.05, 0) is 0 Å². The third kappa shape index (κ3) is 1.77. The Morgan fingerprint density at radius 2 is 1.46 bits per heavy atom. The predicted molar refractivity (Wildman–Crippen MR) is 51.0 cm³/mol. The average molecular weight is 182 g/mol. The van der Waals surface area contributed by atoms with Crippen molar-refractivity contribution in [1.82, 2.24) is 9.80 Å². The second kappa shape index (κ2) is 3.89. The first-order valence-electron chi connectivity index (χ1n) is 4.04. The van der Waals surface area contributed by atoms with Crippen LogP contribution >= 0.6 is 0 Å². The number of hydrogen-bond donors (Lipinski definition) is 2. The van der Waals surface area contributed by atoms with Gasteiger partial charge in [0.25, 0.3) is 11.8 Å². The Morgan fingerprint density at radius 1 is 1.08 bits per heavy atom. The molecule has 1 aliphatic rings. The van der Waals surface area contributed by atoms with Crippen LogP contribution in [0.25, 0.3) is 0 Å². The van der Waals surface area contributed by atoms with Crippen LogP contribution in [0.15, 0.2) is 37.1 Å². The first-order chi connectivity index (χ1) is 6.20. The molecule has 13 heavy (non-hydrogen) atoms. The van der Waals surface area contributed by atoms with E-state index in [1.807, 2.05) is 0 Å². The maximum absolute atomic E-state index is 9.42. The molecule has 0 aromatic carbocycles. The van der Waals surface area contributed by atoms with E-state index in [9.17, 15) is 10.2 Å². The Morgan fingerprint density at radius 3 is 1.77 bits per heavy atom. The molecule has 0 radical (unpaired) electrons. The molecular formula is C9H14N2O2. The first-order valence-corrected chi connectivity index (χ1v) is 4.04. The van der Waals surface area contributed by atoms with Gasteiger partial charge in [0.05, 0.1) is 6.67 Å². The minimum atomic E-state index is -0.0956. The number of hydrogen-bond acceptors (Lipinski definition) is 4. The fraction of sp³-hybridized carbons (Fsp3) is 0.333. The van der Waals surface area contributed by atoms with Crippen molar-refractivity contribution < 1.29 is 10.2 Å². The van der Waals surface area contributed by atoms with Crippen molar-refractivity contribution in [2.75, 3.05) is 19.8 Å². The van der Waals surface area contributed by atoms with Crippen molar-refractivity contribution in [1.29, 1.82) is 0 Å². The Bertz CT molecular complexity index is 224. The molecule has 0 aromatic heterocycles. The van der Waals surface area contributed by atoms with Crippen LogP contribution in [0.5, 0.6) is 0 Å². The van der Waals surface area contributed by atoms with Crippen molar-refractivity contribution in [3.63, 3.8) is 0 Å². The topological polar surface area (TPSA) is 46.9 Å². The van der Waals surface area contributed by atoms with E-state index >= 15 is 0 Å². The highest BCUT2D eigenvalue weighted by Gasteiger charge is 2.26.